The second-order valence-electron chi connectivity index (χ2n) is 3.94. The van der Waals surface area contributed by atoms with Crippen molar-refractivity contribution >= 4 is 5.78 Å². The first-order valence-electron chi connectivity index (χ1n) is 5.37. The van der Waals surface area contributed by atoms with Gasteiger partial charge >= 0.3 is 0 Å². The minimum Gasteiger partial charge on any atom is -0.497 e. The van der Waals surface area contributed by atoms with Gasteiger partial charge in [0.15, 0.2) is 0 Å². The van der Waals surface area contributed by atoms with Crippen molar-refractivity contribution < 1.29 is 9.53 Å². The SMILES string of the molecule is C=C[C@@H](c1cccc(OC)c1)[C@@H](C)C(C)=O. The van der Waals surface area contributed by atoms with E-state index in [0.717, 1.165) is 11.3 Å². The van der Waals surface area contributed by atoms with Crippen LogP contribution in [0.2, 0.25) is 0 Å². The first-order chi connectivity index (χ1) is 7.60. The van der Waals surface area contributed by atoms with E-state index in [0.29, 0.717) is 0 Å². The van der Waals surface area contributed by atoms with Crippen molar-refractivity contribution in [1.29, 1.82) is 0 Å². The maximum atomic E-state index is 11.4. The Morgan fingerprint density at radius 3 is 2.69 bits per heavy atom. The number of allylic oxidation sites excluding steroid dienone is 1. The van der Waals surface area contributed by atoms with E-state index in [2.05, 4.69) is 6.58 Å². The molecule has 0 radical (unpaired) electrons. The number of carbonyl (C=O) groups is 1. The van der Waals surface area contributed by atoms with Gasteiger partial charge in [0.25, 0.3) is 0 Å². The summed E-state index contributed by atoms with van der Waals surface area (Å²) in [5.74, 6) is 0.977. The minimum absolute atomic E-state index is 0.0487. The highest BCUT2D eigenvalue weighted by Gasteiger charge is 2.20. The Bertz CT molecular complexity index is 382. The number of carbonyl (C=O) groups excluding carboxylic acids is 1. The average Bonchev–Trinajstić information content (AvgIpc) is 2.30. The Morgan fingerprint density at radius 1 is 1.50 bits per heavy atom. The van der Waals surface area contributed by atoms with Gasteiger partial charge in [-0.15, -0.1) is 6.58 Å². The molecule has 16 heavy (non-hydrogen) atoms. The summed E-state index contributed by atoms with van der Waals surface area (Å²) >= 11 is 0. The predicted molar refractivity (Wildman–Crippen MR) is 65.8 cm³/mol. The molecule has 0 N–H and O–H groups in total. The molecule has 2 nitrogen and oxygen atoms in total. The lowest BCUT2D eigenvalue weighted by Crippen LogP contribution is -2.15. The van der Waals surface area contributed by atoms with E-state index in [1.54, 1.807) is 14.0 Å². The number of hydrogen-bond donors (Lipinski definition) is 0. The van der Waals surface area contributed by atoms with Crippen molar-refractivity contribution in [3.63, 3.8) is 0 Å². The summed E-state index contributed by atoms with van der Waals surface area (Å²) in [7, 11) is 1.64. The fraction of sp³-hybridized carbons (Fsp3) is 0.357. The minimum atomic E-state index is -0.0513. The second-order valence-corrected chi connectivity index (χ2v) is 3.94. The standard InChI is InChI=1S/C14H18O2/c1-5-14(10(2)11(3)15)12-7-6-8-13(9-12)16-4/h5-10,14H,1H2,2-4H3/t10-,14+/m0/s1. The molecule has 0 aliphatic rings. The molecule has 0 unspecified atom stereocenters. The molecule has 0 aromatic heterocycles. The third kappa shape index (κ3) is 2.72. The number of rotatable bonds is 5. The lowest BCUT2D eigenvalue weighted by Gasteiger charge is -2.19. The summed E-state index contributed by atoms with van der Waals surface area (Å²) in [6.45, 7) is 7.34. The van der Waals surface area contributed by atoms with Crippen LogP contribution in [-0.4, -0.2) is 12.9 Å². The molecular weight excluding hydrogens is 200 g/mol. The van der Waals surface area contributed by atoms with E-state index < -0.39 is 0 Å². The smallest absolute Gasteiger partial charge is 0.133 e. The monoisotopic (exact) mass is 218 g/mol. The maximum Gasteiger partial charge on any atom is 0.133 e. The van der Waals surface area contributed by atoms with Crippen molar-refractivity contribution in [1.82, 2.24) is 0 Å². The molecule has 86 valence electrons. The number of ether oxygens (including phenoxy) is 1. The quantitative estimate of drug-likeness (QED) is 0.709. The Kier molecular flexibility index (Phi) is 4.29. The summed E-state index contributed by atoms with van der Waals surface area (Å²) in [4.78, 5) is 11.4. The van der Waals surface area contributed by atoms with Crippen LogP contribution >= 0.6 is 0 Å². The van der Waals surface area contributed by atoms with Crippen molar-refractivity contribution in [3.05, 3.63) is 42.5 Å². The van der Waals surface area contributed by atoms with Crippen LogP contribution in [0.15, 0.2) is 36.9 Å². The molecule has 0 heterocycles. The number of hydrogen-bond acceptors (Lipinski definition) is 2. The first-order valence-corrected chi connectivity index (χ1v) is 5.37. The van der Waals surface area contributed by atoms with Crippen LogP contribution in [0.25, 0.3) is 0 Å². The van der Waals surface area contributed by atoms with Crippen molar-refractivity contribution in [2.75, 3.05) is 7.11 Å². The summed E-state index contributed by atoms with van der Waals surface area (Å²) in [6, 6.07) is 7.76. The van der Waals surface area contributed by atoms with Crippen molar-refractivity contribution in [2.24, 2.45) is 5.92 Å². The number of benzene rings is 1. The first kappa shape index (κ1) is 12.5. The number of Topliss-reactive ketones (excluding diaryl/α,β-unsaturated/α-hetero) is 1. The van der Waals surface area contributed by atoms with Gasteiger partial charge in [0.2, 0.25) is 0 Å². The zero-order valence-corrected chi connectivity index (χ0v) is 10.1. The van der Waals surface area contributed by atoms with Gasteiger partial charge < -0.3 is 4.74 Å². The highest BCUT2D eigenvalue weighted by Crippen LogP contribution is 2.28. The fourth-order valence-corrected chi connectivity index (χ4v) is 1.73. The Labute approximate surface area is 96.9 Å². The molecule has 2 atom stereocenters. The molecule has 0 spiro atoms. The van der Waals surface area contributed by atoms with Gasteiger partial charge in [-0.3, -0.25) is 4.79 Å². The highest BCUT2D eigenvalue weighted by molar-refractivity contribution is 5.79. The van der Waals surface area contributed by atoms with E-state index in [1.807, 2.05) is 37.3 Å². The van der Waals surface area contributed by atoms with Crippen LogP contribution in [0.3, 0.4) is 0 Å². The van der Waals surface area contributed by atoms with Gasteiger partial charge in [-0.2, -0.15) is 0 Å². The average molecular weight is 218 g/mol. The van der Waals surface area contributed by atoms with Crippen LogP contribution in [0.4, 0.5) is 0 Å². The van der Waals surface area contributed by atoms with Gasteiger partial charge in [0.05, 0.1) is 7.11 Å². The number of methoxy groups -OCH3 is 1. The maximum absolute atomic E-state index is 11.4. The third-order valence-corrected chi connectivity index (χ3v) is 2.91. The lowest BCUT2D eigenvalue weighted by molar-refractivity contribution is -0.120. The van der Waals surface area contributed by atoms with Gasteiger partial charge in [-0.05, 0) is 24.6 Å². The van der Waals surface area contributed by atoms with E-state index >= 15 is 0 Å². The summed E-state index contributed by atoms with van der Waals surface area (Å²) in [6.07, 6.45) is 1.82. The van der Waals surface area contributed by atoms with E-state index in [4.69, 9.17) is 4.74 Å². The summed E-state index contributed by atoms with van der Waals surface area (Å²) in [5.41, 5.74) is 1.07. The number of ketones is 1. The van der Waals surface area contributed by atoms with Crippen LogP contribution in [0.1, 0.15) is 25.3 Å². The third-order valence-electron chi connectivity index (χ3n) is 2.91. The largest absolute Gasteiger partial charge is 0.497 e. The van der Waals surface area contributed by atoms with Crippen molar-refractivity contribution in [2.45, 2.75) is 19.8 Å². The molecule has 0 aliphatic heterocycles. The van der Waals surface area contributed by atoms with Crippen LogP contribution < -0.4 is 4.74 Å². The predicted octanol–water partition coefficient (Wildman–Crippen LogP) is 3.19. The van der Waals surface area contributed by atoms with Gasteiger partial charge in [0.1, 0.15) is 11.5 Å². The molecular formula is C14H18O2. The molecule has 0 fully saturated rings. The van der Waals surface area contributed by atoms with Crippen molar-refractivity contribution in [3.8, 4) is 5.75 Å². The molecule has 0 saturated carbocycles. The lowest BCUT2D eigenvalue weighted by atomic mass is 9.85. The van der Waals surface area contributed by atoms with E-state index in [9.17, 15) is 4.79 Å². The van der Waals surface area contributed by atoms with Crippen LogP contribution in [0.5, 0.6) is 5.75 Å². The second kappa shape index (κ2) is 5.50. The molecule has 0 bridgehead atoms. The molecule has 0 aliphatic carbocycles. The molecule has 1 rings (SSSR count). The highest BCUT2D eigenvalue weighted by atomic mass is 16.5. The molecule has 0 amide bonds. The van der Waals surface area contributed by atoms with E-state index in [1.165, 1.54) is 0 Å². The molecule has 1 aromatic carbocycles. The van der Waals surface area contributed by atoms with Gasteiger partial charge in [0, 0.05) is 11.8 Å². The Hall–Kier alpha value is -1.57. The van der Waals surface area contributed by atoms with Crippen LogP contribution in [-0.2, 0) is 4.79 Å². The molecule has 2 heteroatoms. The van der Waals surface area contributed by atoms with Gasteiger partial charge in [-0.25, -0.2) is 0 Å². The Balaban J connectivity index is 3.03. The topological polar surface area (TPSA) is 26.3 Å². The summed E-state index contributed by atoms with van der Waals surface area (Å²) < 4.78 is 5.17. The zero-order chi connectivity index (χ0) is 12.1. The normalized spacial score (nSPS) is 13.9. The van der Waals surface area contributed by atoms with Crippen LogP contribution in [0, 0.1) is 5.92 Å². The fourth-order valence-electron chi connectivity index (χ4n) is 1.73. The Morgan fingerprint density at radius 2 is 2.19 bits per heavy atom. The van der Waals surface area contributed by atoms with Gasteiger partial charge in [-0.1, -0.05) is 25.1 Å². The zero-order valence-electron chi connectivity index (χ0n) is 10.1. The van der Waals surface area contributed by atoms with E-state index in [-0.39, 0.29) is 17.6 Å². The summed E-state index contributed by atoms with van der Waals surface area (Å²) in [5, 5.41) is 0. The molecule has 0 saturated heterocycles. The molecule has 1 aromatic rings.